The van der Waals surface area contributed by atoms with Gasteiger partial charge in [-0.2, -0.15) is 16.1 Å². The van der Waals surface area contributed by atoms with Crippen LogP contribution in [0.15, 0.2) is 23.4 Å². The van der Waals surface area contributed by atoms with E-state index < -0.39 is 10.0 Å². The van der Waals surface area contributed by atoms with E-state index in [4.69, 9.17) is 11.6 Å². The number of nitrogens with zero attached hydrogens (tertiary/aromatic N) is 2. The van der Waals surface area contributed by atoms with Gasteiger partial charge in [-0.05, 0) is 25.2 Å². The molecule has 0 unspecified atom stereocenters. The number of nitrogens with one attached hydrogen (secondary N) is 1. The maximum Gasteiger partial charge on any atom is 0.245 e. The van der Waals surface area contributed by atoms with Gasteiger partial charge in [0, 0.05) is 30.7 Å². The summed E-state index contributed by atoms with van der Waals surface area (Å²) in [5, 5.41) is 0.884. The van der Waals surface area contributed by atoms with Gasteiger partial charge >= 0.3 is 0 Å². The van der Waals surface area contributed by atoms with E-state index in [1.54, 1.807) is 28.3 Å². The van der Waals surface area contributed by atoms with E-state index in [1.165, 1.54) is 6.20 Å². The molecule has 0 aliphatic carbocycles. The molecule has 1 atom stereocenters. The summed E-state index contributed by atoms with van der Waals surface area (Å²) < 4.78 is 27.5. The minimum absolute atomic E-state index is 0.0606. The van der Waals surface area contributed by atoms with Crippen LogP contribution in [0.3, 0.4) is 0 Å². The molecule has 1 aliphatic rings. The Hall–Kier alpha value is -0.760. The van der Waals surface area contributed by atoms with E-state index in [0.29, 0.717) is 22.6 Å². The van der Waals surface area contributed by atoms with Gasteiger partial charge in [-0.1, -0.05) is 11.6 Å². The maximum absolute atomic E-state index is 13.0. The molecule has 21 heavy (non-hydrogen) atoms. The molecule has 1 saturated heterocycles. The smallest absolute Gasteiger partial charge is 0.245 e. The first kappa shape index (κ1) is 15.1. The van der Waals surface area contributed by atoms with Crippen LogP contribution < -0.4 is 0 Å². The summed E-state index contributed by atoms with van der Waals surface area (Å²) >= 11 is 7.84. The quantitative estimate of drug-likeness (QED) is 0.925. The van der Waals surface area contributed by atoms with Crippen LogP contribution in [0.25, 0.3) is 11.0 Å². The number of aromatic amines is 1. The highest BCUT2D eigenvalue weighted by Gasteiger charge is 2.36. The molecule has 0 saturated carbocycles. The zero-order valence-electron chi connectivity index (χ0n) is 11.5. The second kappa shape index (κ2) is 5.79. The highest BCUT2D eigenvalue weighted by atomic mass is 35.5. The van der Waals surface area contributed by atoms with Crippen molar-refractivity contribution in [2.45, 2.75) is 23.8 Å². The number of hydrogen-bond acceptors (Lipinski definition) is 4. The minimum atomic E-state index is -3.55. The van der Waals surface area contributed by atoms with Crippen molar-refractivity contribution in [1.29, 1.82) is 0 Å². The normalized spacial score (nSPS) is 20.4. The van der Waals surface area contributed by atoms with Crippen LogP contribution in [-0.2, 0) is 10.0 Å². The van der Waals surface area contributed by atoms with E-state index in [-0.39, 0.29) is 10.9 Å². The van der Waals surface area contributed by atoms with Crippen molar-refractivity contribution in [2.24, 2.45) is 0 Å². The molecule has 8 heteroatoms. The van der Waals surface area contributed by atoms with Gasteiger partial charge in [0.2, 0.25) is 10.0 Å². The molecule has 0 bridgehead atoms. The van der Waals surface area contributed by atoms with Crippen LogP contribution in [0.4, 0.5) is 0 Å². The predicted octanol–water partition coefficient (Wildman–Crippen LogP) is 2.73. The van der Waals surface area contributed by atoms with Crippen LogP contribution in [0.2, 0.25) is 5.02 Å². The van der Waals surface area contributed by atoms with E-state index >= 15 is 0 Å². The fourth-order valence-corrected chi connectivity index (χ4v) is 5.80. The molecule has 3 rings (SSSR count). The number of sulfonamides is 1. The van der Waals surface area contributed by atoms with Gasteiger partial charge in [0.25, 0.3) is 0 Å². The number of aromatic nitrogens is 2. The summed E-state index contributed by atoms with van der Waals surface area (Å²) in [5.41, 5.74) is 0.502. The number of halogens is 1. The lowest BCUT2D eigenvalue weighted by Crippen LogP contribution is -2.36. The number of H-pyrrole nitrogens is 1. The van der Waals surface area contributed by atoms with Gasteiger partial charge in [-0.25, -0.2) is 13.4 Å². The van der Waals surface area contributed by atoms with Gasteiger partial charge in [0.1, 0.15) is 10.5 Å². The van der Waals surface area contributed by atoms with Gasteiger partial charge < -0.3 is 4.98 Å². The molecule has 1 N–H and O–H groups in total. The SMILES string of the molecule is CSC[C@@H]1CCCN1S(=O)(=O)c1c[nH]c2nccc(Cl)c12. The van der Waals surface area contributed by atoms with Crippen LogP contribution in [-0.4, -0.2) is 47.3 Å². The number of fused-ring (bicyclic) bond motifs is 1. The third kappa shape index (κ3) is 2.56. The monoisotopic (exact) mass is 345 g/mol. The maximum atomic E-state index is 13.0. The molecule has 0 amide bonds. The van der Waals surface area contributed by atoms with Gasteiger partial charge in [0.05, 0.1) is 10.4 Å². The first-order chi connectivity index (χ1) is 10.1. The average Bonchev–Trinajstić information content (AvgIpc) is 3.06. The number of pyridine rings is 1. The third-order valence-corrected chi connectivity index (χ3v) is 6.76. The minimum Gasteiger partial charge on any atom is -0.345 e. The molecular formula is C13H16ClN3O2S2. The predicted molar refractivity (Wildman–Crippen MR) is 86.4 cm³/mol. The summed E-state index contributed by atoms with van der Waals surface area (Å²) in [7, 11) is -3.55. The van der Waals surface area contributed by atoms with Crippen molar-refractivity contribution in [3.63, 3.8) is 0 Å². The van der Waals surface area contributed by atoms with Crippen LogP contribution in [0.1, 0.15) is 12.8 Å². The highest BCUT2D eigenvalue weighted by Crippen LogP contribution is 2.33. The van der Waals surface area contributed by atoms with Gasteiger partial charge in [-0.15, -0.1) is 0 Å². The molecule has 0 radical (unpaired) electrons. The van der Waals surface area contributed by atoms with Crippen LogP contribution in [0, 0.1) is 0 Å². The number of thioether (sulfide) groups is 1. The summed E-state index contributed by atoms with van der Waals surface area (Å²) in [6.07, 6.45) is 6.86. The Bertz CT molecular complexity index is 760. The van der Waals surface area contributed by atoms with Gasteiger partial charge in [0.15, 0.2) is 0 Å². The van der Waals surface area contributed by atoms with Crippen molar-refractivity contribution in [3.8, 4) is 0 Å². The Morgan fingerprint density at radius 1 is 1.57 bits per heavy atom. The van der Waals surface area contributed by atoms with Crippen molar-refractivity contribution < 1.29 is 8.42 Å². The standard InChI is InChI=1S/C13H16ClN3O2S2/c1-20-8-9-3-2-6-17(9)21(18,19)11-7-16-13-12(11)10(14)4-5-15-13/h4-5,7,9H,2-3,6,8H2,1H3,(H,15,16)/t9-/m0/s1. The Labute approximate surface area is 133 Å². The Balaban J connectivity index is 2.08. The Morgan fingerprint density at radius 3 is 3.14 bits per heavy atom. The summed E-state index contributed by atoms with van der Waals surface area (Å²) in [6, 6.07) is 1.67. The Kier molecular flexibility index (Phi) is 4.18. The lowest BCUT2D eigenvalue weighted by molar-refractivity contribution is 0.413. The van der Waals surface area contributed by atoms with Crippen molar-refractivity contribution >= 4 is 44.4 Å². The number of hydrogen-bond donors (Lipinski definition) is 1. The van der Waals surface area contributed by atoms with E-state index in [9.17, 15) is 8.42 Å². The molecule has 2 aromatic rings. The molecular weight excluding hydrogens is 330 g/mol. The van der Waals surface area contributed by atoms with Crippen molar-refractivity contribution in [3.05, 3.63) is 23.5 Å². The summed E-state index contributed by atoms with van der Waals surface area (Å²) in [6.45, 7) is 0.568. The largest absolute Gasteiger partial charge is 0.345 e. The van der Waals surface area contributed by atoms with E-state index in [0.717, 1.165) is 18.6 Å². The fraction of sp³-hybridized carbons (Fsp3) is 0.462. The third-order valence-electron chi connectivity index (χ3n) is 3.76. The van der Waals surface area contributed by atoms with E-state index in [1.807, 2.05) is 6.26 Å². The molecule has 3 heterocycles. The molecule has 1 aliphatic heterocycles. The molecule has 5 nitrogen and oxygen atoms in total. The van der Waals surface area contributed by atoms with Crippen molar-refractivity contribution in [1.82, 2.24) is 14.3 Å². The lowest BCUT2D eigenvalue weighted by Gasteiger charge is -2.23. The lowest BCUT2D eigenvalue weighted by atomic mass is 10.3. The topological polar surface area (TPSA) is 66.1 Å². The number of rotatable bonds is 4. The first-order valence-electron chi connectivity index (χ1n) is 6.68. The van der Waals surface area contributed by atoms with E-state index in [2.05, 4.69) is 9.97 Å². The second-order valence-electron chi connectivity index (χ2n) is 5.04. The second-order valence-corrected chi connectivity index (χ2v) is 8.21. The fourth-order valence-electron chi connectivity index (χ4n) is 2.80. The summed E-state index contributed by atoms with van der Waals surface area (Å²) in [4.78, 5) is 7.26. The van der Waals surface area contributed by atoms with Crippen molar-refractivity contribution in [2.75, 3.05) is 18.6 Å². The molecule has 0 spiro atoms. The Morgan fingerprint density at radius 2 is 2.38 bits per heavy atom. The van der Waals surface area contributed by atoms with Gasteiger partial charge in [-0.3, -0.25) is 0 Å². The first-order valence-corrected chi connectivity index (χ1v) is 9.89. The summed E-state index contributed by atoms with van der Waals surface area (Å²) in [5.74, 6) is 0.813. The molecule has 1 fully saturated rings. The molecule has 114 valence electrons. The van der Waals surface area contributed by atoms with Crippen LogP contribution in [0.5, 0.6) is 0 Å². The molecule has 2 aromatic heterocycles. The zero-order valence-corrected chi connectivity index (χ0v) is 13.9. The molecule has 0 aromatic carbocycles. The highest BCUT2D eigenvalue weighted by molar-refractivity contribution is 7.98. The van der Waals surface area contributed by atoms with Crippen LogP contribution >= 0.6 is 23.4 Å². The average molecular weight is 346 g/mol. The zero-order chi connectivity index (χ0) is 15.0.